The number of Topliss-reactive ketones (excluding diaryl/α,β-unsaturated/α-hetero) is 1. The molecule has 0 saturated heterocycles. The SMILES string of the molecule is COc1cccc(C(=O)[C@@H]2CCCC[C@H]2C(=O)O)c1. The van der Waals surface area contributed by atoms with Gasteiger partial charge in [0.2, 0.25) is 0 Å². The van der Waals surface area contributed by atoms with Crippen molar-refractivity contribution in [3.05, 3.63) is 29.8 Å². The van der Waals surface area contributed by atoms with Gasteiger partial charge in [-0.25, -0.2) is 0 Å². The van der Waals surface area contributed by atoms with Crippen molar-refractivity contribution in [3.63, 3.8) is 0 Å². The molecule has 102 valence electrons. The number of hydrogen-bond donors (Lipinski definition) is 1. The van der Waals surface area contributed by atoms with E-state index in [-0.39, 0.29) is 5.78 Å². The lowest BCUT2D eigenvalue weighted by Gasteiger charge is -2.27. The fourth-order valence-electron chi connectivity index (χ4n) is 2.73. The summed E-state index contributed by atoms with van der Waals surface area (Å²) in [4.78, 5) is 23.7. The molecule has 1 aliphatic carbocycles. The molecule has 0 aromatic heterocycles. The molecule has 1 saturated carbocycles. The van der Waals surface area contributed by atoms with E-state index in [2.05, 4.69) is 0 Å². The first kappa shape index (κ1) is 13.6. The first-order valence-corrected chi connectivity index (χ1v) is 6.54. The molecule has 0 unspecified atom stereocenters. The van der Waals surface area contributed by atoms with E-state index in [0.717, 1.165) is 12.8 Å². The summed E-state index contributed by atoms with van der Waals surface area (Å²) in [6, 6.07) is 6.92. The Morgan fingerprint density at radius 3 is 2.53 bits per heavy atom. The Kier molecular flexibility index (Phi) is 4.20. The number of carboxylic acid groups (broad SMARTS) is 1. The Balaban J connectivity index is 2.23. The van der Waals surface area contributed by atoms with E-state index in [1.807, 2.05) is 0 Å². The molecule has 1 N–H and O–H groups in total. The van der Waals surface area contributed by atoms with Crippen LogP contribution in [0.5, 0.6) is 5.75 Å². The monoisotopic (exact) mass is 262 g/mol. The van der Waals surface area contributed by atoms with Gasteiger partial charge in [-0.3, -0.25) is 9.59 Å². The molecule has 19 heavy (non-hydrogen) atoms. The second-order valence-electron chi connectivity index (χ2n) is 4.93. The molecule has 1 aromatic carbocycles. The smallest absolute Gasteiger partial charge is 0.307 e. The lowest BCUT2D eigenvalue weighted by atomic mass is 9.75. The molecule has 0 aliphatic heterocycles. The molecule has 0 bridgehead atoms. The molecule has 0 heterocycles. The maximum absolute atomic E-state index is 12.5. The molecule has 2 rings (SSSR count). The maximum atomic E-state index is 12.5. The topological polar surface area (TPSA) is 63.6 Å². The number of ketones is 1. The molecule has 0 spiro atoms. The van der Waals surface area contributed by atoms with Gasteiger partial charge in [-0.05, 0) is 25.0 Å². The third-order valence-corrected chi connectivity index (χ3v) is 3.77. The number of carbonyl (C=O) groups excluding carboxylic acids is 1. The number of rotatable bonds is 4. The van der Waals surface area contributed by atoms with E-state index >= 15 is 0 Å². The molecule has 1 aliphatic rings. The zero-order chi connectivity index (χ0) is 13.8. The van der Waals surface area contributed by atoms with Crippen LogP contribution in [0.2, 0.25) is 0 Å². The molecule has 4 heteroatoms. The quantitative estimate of drug-likeness (QED) is 0.847. The number of ether oxygens (including phenoxy) is 1. The van der Waals surface area contributed by atoms with Gasteiger partial charge in [0.15, 0.2) is 5.78 Å². The molecular weight excluding hydrogens is 244 g/mol. The van der Waals surface area contributed by atoms with Crippen LogP contribution in [0.4, 0.5) is 0 Å². The number of methoxy groups -OCH3 is 1. The van der Waals surface area contributed by atoms with Crippen LogP contribution < -0.4 is 4.74 Å². The Labute approximate surface area is 112 Å². The Morgan fingerprint density at radius 1 is 1.21 bits per heavy atom. The van der Waals surface area contributed by atoms with Gasteiger partial charge in [-0.1, -0.05) is 25.0 Å². The first-order chi connectivity index (χ1) is 9.13. The fraction of sp³-hybridized carbons (Fsp3) is 0.467. The van der Waals surface area contributed by atoms with Crippen molar-refractivity contribution in [2.24, 2.45) is 11.8 Å². The summed E-state index contributed by atoms with van der Waals surface area (Å²) < 4.78 is 5.10. The van der Waals surface area contributed by atoms with E-state index in [0.29, 0.717) is 24.2 Å². The van der Waals surface area contributed by atoms with Crippen LogP contribution in [-0.2, 0) is 4.79 Å². The van der Waals surface area contributed by atoms with Crippen LogP contribution in [-0.4, -0.2) is 24.0 Å². The molecule has 0 radical (unpaired) electrons. The molecule has 0 amide bonds. The van der Waals surface area contributed by atoms with Crippen molar-refractivity contribution in [2.75, 3.05) is 7.11 Å². The normalized spacial score (nSPS) is 22.8. The lowest BCUT2D eigenvalue weighted by Crippen LogP contribution is -2.32. The highest BCUT2D eigenvalue weighted by Crippen LogP contribution is 2.33. The highest BCUT2D eigenvalue weighted by atomic mass is 16.5. The number of carboxylic acids is 1. The van der Waals surface area contributed by atoms with Gasteiger partial charge < -0.3 is 9.84 Å². The highest BCUT2D eigenvalue weighted by Gasteiger charge is 2.35. The van der Waals surface area contributed by atoms with Crippen molar-refractivity contribution in [1.82, 2.24) is 0 Å². The Hall–Kier alpha value is -1.84. The summed E-state index contributed by atoms with van der Waals surface area (Å²) in [5.74, 6) is -1.27. The van der Waals surface area contributed by atoms with Crippen molar-refractivity contribution < 1.29 is 19.4 Å². The minimum absolute atomic E-state index is 0.0778. The summed E-state index contributed by atoms with van der Waals surface area (Å²) >= 11 is 0. The van der Waals surface area contributed by atoms with Gasteiger partial charge in [0.1, 0.15) is 5.75 Å². The molecule has 4 nitrogen and oxygen atoms in total. The van der Waals surface area contributed by atoms with E-state index in [1.165, 1.54) is 0 Å². The number of aliphatic carboxylic acids is 1. The van der Waals surface area contributed by atoms with Crippen molar-refractivity contribution in [3.8, 4) is 5.75 Å². The predicted molar refractivity (Wildman–Crippen MR) is 70.4 cm³/mol. The lowest BCUT2D eigenvalue weighted by molar-refractivity contribution is -0.144. The predicted octanol–water partition coefficient (Wildman–Crippen LogP) is 2.77. The zero-order valence-corrected chi connectivity index (χ0v) is 11.0. The van der Waals surface area contributed by atoms with Crippen LogP contribution in [0.3, 0.4) is 0 Å². The van der Waals surface area contributed by atoms with Crippen molar-refractivity contribution in [1.29, 1.82) is 0 Å². The van der Waals surface area contributed by atoms with Crippen LogP contribution in [0.25, 0.3) is 0 Å². The second kappa shape index (κ2) is 5.87. The van der Waals surface area contributed by atoms with Crippen molar-refractivity contribution >= 4 is 11.8 Å². The van der Waals surface area contributed by atoms with Crippen molar-refractivity contribution in [2.45, 2.75) is 25.7 Å². The van der Waals surface area contributed by atoms with E-state index in [1.54, 1.807) is 31.4 Å². The first-order valence-electron chi connectivity index (χ1n) is 6.54. The summed E-state index contributed by atoms with van der Waals surface area (Å²) in [7, 11) is 1.55. The standard InChI is InChI=1S/C15H18O4/c1-19-11-6-4-5-10(9-11)14(16)12-7-2-3-8-13(12)15(17)18/h4-6,9,12-13H,2-3,7-8H2,1H3,(H,17,18)/t12-,13-/m1/s1. The second-order valence-corrected chi connectivity index (χ2v) is 4.93. The Morgan fingerprint density at radius 2 is 1.89 bits per heavy atom. The zero-order valence-electron chi connectivity index (χ0n) is 11.0. The number of carbonyl (C=O) groups is 2. The Bertz CT molecular complexity index is 481. The van der Waals surface area contributed by atoms with Crippen LogP contribution >= 0.6 is 0 Å². The van der Waals surface area contributed by atoms with Crippen LogP contribution in [0, 0.1) is 11.8 Å². The minimum Gasteiger partial charge on any atom is -0.497 e. The molecular formula is C15H18O4. The van der Waals surface area contributed by atoms with Crippen LogP contribution in [0.1, 0.15) is 36.0 Å². The van der Waals surface area contributed by atoms with Gasteiger partial charge in [-0.2, -0.15) is 0 Å². The van der Waals surface area contributed by atoms with Gasteiger partial charge in [0, 0.05) is 11.5 Å². The summed E-state index contributed by atoms with van der Waals surface area (Å²) in [5.41, 5.74) is 0.539. The minimum atomic E-state index is -0.860. The highest BCUT2D eigenvalue weighted by molar-refractivity contribution is 6.00. The summed E-state index contributed by atoms with van der Waals surface area (Å²) in [5, 5.41) is 9.23. The number of benzene rings is 1. The number of hydrogen-bond acceptors (Lipinski definition) is 3. The van der Waals surface area contributed by atoms with E-state index < -0.39 is 17.8 Å². The average molecular weight is 262 g/mol. The third-order valence-electron chi connectivity index (χ3n) is 3.77. The molecule has 1 fully saturated rings. The van der Waals surface area contributed by atoms with Gasteiger partial charge in [0.25, 0.3) is 0 Å². The summed E-state index contributed by atoms with van der Waals surface area (Å²) in [6.07, 6.45) is 3.06. The van der Waals surface area contributed by atoms with Gasteiger partial charge >= 0.3 is 5.97 Å². The molecule has 2 atom stereocenters. The largest absolute Gasteiger partial charge is 0.497 e. The molecule has 1 aromatic rings. The van der Waals surface area contributed by atoms with Crippen LogP contribution in [0.15, 0.2) is 24.3 Å². The summed E-state index contributed by atoms with van der Waals surface area (Å²) in [6.45, 7) is 0. The van der Waals surface area contributed by atoms with Gasteiger partial charge in [-0.15, -0.1) is 0 Å². The van der Waals surface area contributed by atoms with E-state index in [9.17, 15) is 14.7 Å². The van der Waals surface area contributed by atoms with Gasteiger partial charge in [0.05, 0.1) is 13.0 Å². The maximum Gasteiger partial charge on any atom is 0.307 e. The van der Waals surface area contributed by atoms with E-state index in [4.69, 9.17) is 4.74 Å². The fourth-order valence-corrected chi connectivity index (χ4v) is 2.73. The average Bonchev–Trinajstić information content (AvgIpc) is 2.46. The third kappa shape index (κ3) is 2.95.